The number of benzene rings is 1. The zero-order chi connectivity index (χ0) is 13.0. The Morgan fingerprint density at radius 1 is 1.39 bits per heavy atom. The Labute approximate surface area is 110 Å². The van der Waals surface area contributed by atoms with Crippen molar-refractivity contribution >= 4 is 0 Å². The smallest absolute Gasteiger partial charge is 0.0477 e. The fraction of sp³-hybridized carbons (Fsp3) is 0.600. The number of nitrogens with zero attached hydrogens (tertiary/aromatic N) is 1. The summed E-state index contributed by atoms with van der Waals surface area (Å²) in [7, 11) is 1.76. The molecule has 0 fully saturated rings. The number of ether oxygens (including phenoxy) is 1. The van der Waals surface area contributed by atoms with Crippen LogP contribution in [0.3, 0.4) is 0 Å². The molecule has 0 amide bonds. The van der Waals surface area contributed by atoms with Crippen LogP contribution >= 0.6 is 0 Å². The average Bonchev–Trinajstić information content (AvgIpc) is 2.43. The van der Waals surface area contributed by atoms with E-state index < -0.39 is 0 Å². The van der Waals surface area contributed by atoms with Gasteiger partial charge >= 0.3 is 0 Å². The molecule has 0 aromatic heterocycles. The Morgan fingerprint density at radius 2 is 2.11 bits per heavy atom. The first-order chi connectivity index (χ1) is 8.76. The minimum Gasteiger partial charge on any atom is -0.385 e. The van der Waals surface area contributed by atoms with Gasteiger partial charge in [-0.3, -0.25) is 4.90 Å². The summed E-state index contributed by atoms with van der Waals surface area (Å²) in [5, 5.41) is 0. The molecule has 2 atom stereocenters. The van der Waals surface area contributed by atoms with E-state index in [2.05, 4.69) is 36.1 Å². The lowest BCUT2D eigenvalue weighted by molar-refractivity contribution is 0.0921. The summed E-state index contributed by atoms with van der Waals surface area (Å²) >= 11 is 0. The van der Waals surface area contributed by atoms with Crippen molar-refractivity contribution in [1.82, 2.24) is 4.90 Å². The van der Waals surface area contributed by atoms with Crippen LogP contribution in [0.2, 0.25) is 0 Å². The van der Waals surface area contributed by atoms with Gasteiger partial charge in [-0.1, -0.05) is 24.3 Å². The van der Waals surface area contributed by atoms with E-state index in [4.69, 9.17) is 10.5 Å². The molecule has 0 spiro atoms. The third kappa shape index (κ3) is 2.91. The first kappa shape index (κ1) is 13.5. The summed E-state index contributed by atoms with van der Waals surface area (Å²) < 4.78 is 5.18. The average molecular weight is 248 g/mol. The number of nitrogens with two attached hydrogens (primary N) is 1. The largest absolute Gasteiger partial charge is 0.385 e. The van der Waals surface area contributed by atoms with Gasteiger partial charge < -0.3 is 10.5 Å². The predicted molar refractivity (Wildman–Crippen MR) is 74.5 cm³/mol. The van der Waals surface area contributed by atoms with Crippen molar-refractivity contribution in [3.8, 4) is 0 Å². The van der Waals surface area contributed by atoms with E-state index in [-0.39, 0.29) is 0 Å². The van der Waals surface area contributed by atoms with Crippen LogP contribution in [0, 0.1) is 0 Å². The van der Waals surface area contributed by atoms with E-state index in [0.717, 1.165) is 32.5 Å². The number of fused-ring (bicyclic) bond motifs is 1. The number of hydrogen-bond acceptors (Lipinski definition) is 3. The normalized spacial score (nSPS) is 21.6. The van der Waals surface area contributed by atoms with Crippen LogP contribution in [0.15, 0.2) is 24.3 Å². The van der Waals surface area contributed by atoms with Crippen LogP contribution in [-0.2, 0) is 17.7 Å². The quantitative estimate of drug-likeness (QED) is 0.863. The highest BCUT2D eigenvalue weighted by molar-refractivity contribution is 5.30. The van der Waals surface area contributed by atoms with Gasteiger partial charge in [-0.05, 0) is 30.9 Å². The third-order valence-corrected chi connectivity index (χ3v) is 3.97. The minimum atomic E-state index is 0.465. The first-order valence-corrected chi connectivity index (χ1v) is 6.77. The van der Waals surface area contributed by atoms with Crippen molar-refractivity contribution in [2.45, 2.75) is 38.4 Å². The predicted octanol–water partition coefficient (Wildman–Crippen LogP) is 1.80. The maximum Gasteiger partial charge on any atom is 0.0477 e. The van der Waals surface area contributed by atoms with Crippen LogP contribution in [0.4, 0.5) is 0 Å². The fourth-order valence-electron chi connectivity index (χ4n) is 2.80. The molecule has 0 aliphatic carbocycles. The Kier molecular flexibility index (Phi) is 4.75. The highest BCUT2D eigenvalue weighted by Crippen LogP contribution is 2.25. The lowest BCUT2D eigenvalue weighted by Gasteiger charge is -2.40. The number of methoxy groups -OCH3 is 1. The molecule has 1 aliphatic rings. The molecule has 1 heterocycles. The second kappa shape index (κ2) is 6.32. The minimum absolute atomic E-state index is 0.465. The molecule has 100 valence electrons. The summed E-state index contributed by atoms with van der Waals surface area (Å²) in [6.45, 7) is 4.83. The summed E-state index contributed by atoms with van der Waals surface area (Å²) in [5.74, 6) is 0. The molecule has 1 aliphatic heterocycles. The van der Waals surface area contributed by atoms with E-state index in [9.17, 15) is 0 Å². The summed E-state index contributed by atoms with van der Waals surface area (Å²) in [5.41, 5.74) is 8.86. The Hall–Kier alpha value is -0.900. The Bertz CT molecular complexity index is 381. The molecule has 1 aromatic carbocycles. The van der Waals surface area contributed by atoms with Gasteiger partial charge in [-0.25, -0.2) is 0 Å². The molecule has 2 rings (SSSR count). The van der Waals surface area contributed by atoms with Gasteiger partial charge in [0.15, 0.2) is 0 Å². The molecule has 1 aromatic rings. The Balaban J connectivity index is 2.11. The van der Waals surface area contributed by atoms with Gasteiger partial charge in [0, 0.05) is 38.9 Å². The van der Waals surface area contributed by atoms with E-state index in [0.29, 0.717) is 12.1 Å². The van der Waals surface area contributed by atoms with Crippen molar-refractivity contribution in [2.24, 2.45) is 5.73 Å². The van der Waals surface area contributed by atoms with Gasteiger partial charge in [0.2, 0.25) is 0 Å². The summed E-state index contributed by atoms with van der Waals surface area (Å²) in [4.78, 5) is 2.53. The van der Waals surface area contributed by atoms with E-state index in [1.165, 1.54) is 11.1 Å². The van der Waals surface area contributed by atoms with Crippen molar-refractivity contribution in [2.75, 3.05) is 20.3 Å². The second-order valence-corrected chi connectivity index (χ2v) is 5.17. The molecule has 18 heavy (non-hydrogen) atoms. The highest BCUT2D eigenvalue weighted by atomic mass is 16.5. The molecule has 0 bridgehead atoms. The van der Waals surface area contributed by atoms with Crippen molar-refractivity contribution < 1.29 is 4.74 Å². The third-order valence-electron chi connectivity index (χ3n) is 3.97. The highest BCUT2D eigenvalue weighted by Gasteiger charge is 2.28. The van der Waals surface area contributed by atoms with Crippen molar-refractivity contribution in [1.29, 1.82) is 0 Å². The van der Waals surface area contributed by atoms with Gasteiger partial charge in [0.25, 0.3) is 0 Å². The zero-order valence-corrected chi connectivity index (χ0v) is 11.4. The molecular formula is C15H24N2O. The van der Waals surface area contributed by atoms with Crippen LogP contribution in [0.1, 0.15) is 24.5 Å². The standard InChI is InChI=1S/C15H24N2O/c1-12(7-8-18-2)17-11-14-6-4-3-5-13(14)9-15(17)10-16/h3-6,12,15H,7-11,16H2,1-2H3. The van der Waals surface area contributed by atoms with Crippen molar-refractivity contribution in [3.63, 3.8) is 0 Å². The molecule has 3 nitrogen and oxygen atoms in total. The van der Waals surface area contributed by atoms with E-state index >= 15 is 0 Å². The van der Waals surface area contributed by atoms with E-state index in [1.54, 1.807) is 7.11 Å². The molecule has 2 N–H and O–H groups in total. The van der Waals surface area contributed by atoms with Crippen LogP contribution in [0.5, 0.6) is 0 Å². The SMILES string of the molecule is COCCC(C)N1Cc2ccccc2CC1CN. The maximum absolute atomic E-state index is 5.94. The Morgan fingerprint density at radius 3 is 2.78 bits per heavy atom. The summed E-state index contributed by atoms with van der Waals surface area (Å²) in [6.07, 6.45) is 2.14. The molecule has 2 unspecified atom stereocenters. The maximum atomic E-state index is 5.94. The first-order valence-electron chi connectivity index (χ1n) is 6.77. The van der Waals surface area contributed by atoms with Crippen LogP contribution in [0.25, 0.3) is 0 Å². The molecule has 0 saturated carbocycles. The van der Waals surface area contributed by atoms with Crippen molar-refractivity contribution in [3.05, 3.63) is 35.4 Å². The lowest BCUT2D eigenvalue weighted by Crippen LogP contribution is -2.49. The lowest BCUT2D eigenvalue weighted by atomic mass is 9.92. The van der Waals surface area contributed by atoms with E-state index in [1.807, 2.05) is 0 Å². The monoisotopic (exact) mass is 248 g/mol. The topological polar surface area (TPSA) is 38.5 Å². The van der Waals surface area contributed by atoms with Gasteiger partial charge in [-0.2, -0.15) is 0 Å². The fourth-order valence-corrected chi connectivity index (χ4v) is 2.80. The molecule has 0 radical (unpaired) electrons. The zero-order valence-electron chi connectivity index (χ0n) is 11.4. The summed E-state index contributed by atoms with van der Waals surface area (Å²) in [6, 6.07) is 9.70. The molecule has 0 saturated heterocycles. The van der Waals surface area contributed by atoms with Gasteiger partial charge in [0.1, 0.15) is 0 Å². The molecular weight excluding hydrogens is 224 g/mol. The number of rotatable bonds is 5. The number of hydrogen-bond donors (Lipinski definition) is 1. The second-order valence-electron chi connectivity index (χ2n) is 5.17. The van der Waals surface area contributed by atoms with Crippen LogP contribution < -0.4 is 5.73 Å². The molecule has 3 heteroatoms. The van der Waals surface area contributed by atoms with Gasteiger partial charge in [0.05, 0.1) is 0 Å². The van der Waals surface area contributed by atoms with Crippen LogP contribution in [-0.4, -0.2) is 37.2 Å². The van der Waals surface area contributed by atoms with Gasteiger partial charge in [-0.15, -0.1) is 0 Å².